The summed E-state index contributed by atoms with van der Waals surface area (Å²) in [6, 6.07) is 10.1. The lowest BCUT2D eigenvalue weighted by Gasteiger charge is -2.08. The van der Waals surface area contributed by atoms with Crippen LogP contribution in [0.25, 0.3) is 11.0 Å². The zero-order valence-electron chi connectivity index (χ0n) is 12.1. The third-order valence-electron chi connectivity index (χ3n) is 3.59. The normalized spacial score (nSPS) is 11.0. The first-order chi connectivity index (χ1) is 10.2. The van der Waals surface area contributed by atoms with Crippen molar-refractivity contribution in [2.24, 2.45) is 0 Å². The Balaban J connectivity index is 1.89. The third-order valence-corrected chi connectivity index (χ3v) is 3.98. The fourth-order valence-electron chi connectivity index (χ4n) is 2.47. The average Bonchev–Trinajstić information content (AvgIpc) is 2.86. The van der Waals surface area contributed by atoms with Crippen molar-refractivity contribution in [1.82, 2.24) is 4.98 Å². The van der Waals surface area contributed by atoms with E-state index in [9.17, 15) is 0 Å². The Morgan fingerprint density at radius 2 is 2.10 bits per heavy atom. The van der Waals surface area contributed by atoms with Crippen molar-refractivity contribution >= 4 is 28.3 Å². The number of hydrogen-bond acceptors (Lipinski definition) is 3. The molecule has 0 saturated carbocycles. The number of anilines is 1. The van der Waals surface area contributed by atoms with Crippen molar-refractivity contribution in [3.05, 3.63) is 58.6 Å². The van der Waals surface area contributed by atoms with Gasteiger partial charge in [0.15, 0.2) is 0 Å². The third kappa shape index (κ3) is 2.74. The molecule has 3 aromatic rings. The van der Waals surface area contributed by atoms with E-state index in [1.54, 1.807) is 6.20 Å². The van der Waals surface area contributed by atoms with E-state index in [4.69, 9.17) is 16.0 Å². The Bertz CT molecular complexity index is 780. The first-order valence-electron chi connectivity index (χ1n) is 7.04. The summed E-state index contributed by atoms with van der Waals surface area (Å²) in [7, 11) is 0. The van der Waals surface area contributed by atoms with Crippen LogP contribution < -0.4 is 5.32 Å². The summed E-state index contributed by atoms with van der Waals surface area (Å²) < 4.78 is 5.90. The summed E-state index contributed by atoms with van der Waals surface area (Å²) in [5, 5.41) is 5.11. The molecule has 108 valence electrons. The van der Waals surface area contributed by atoms with E-state index < -0.39 is 0 Å². The van der Waals surface area contributed by atoms with Crippen molar-refractivity contribution in [2.45, 2.75) is 26.8 Å². The molecule has 2 aromatic heterocycles. The number of para-hydroxylation sites is 1. The smallest absolute Gasteiger partial charge is 0.134 e. The van der Waals surface area contributed by atoms with Gasteiger partial charge in [-0.2, -0.15) is 0 Å². The monoisotopic (exact) mass is 300 g/mol. The van der Waals surface area contributed by atoms with Crippen molar-refractivity contribution < 1.29 is 4.42 Å². The molecule has 0 unspecified atom stereocenters. The number of fused-ring (bicyclic) bond motifs is 1. The molecule has 0 radical (unpaired) electrons. The Kier molecular flexibility index (Phi) is 3.84. The molecule has 3 nitrogen and oxygen atoms in total. The van der Waals surface area contributed by atoms with E-state index >= 15 is 0 Å². The minimum absolute atomic E-state index is 0.545. The summed E-state index contributed by atoms with van der Waals surface area (Å²) >= 11 is 5.95. The van der Waals surface area contributed by atoms with Gasteiger partial charge in [0, 0.05) is 23.9 Å². The summed E-state index contributed by atoms with van der Waals surface area (Å²) in [4.78, 5) is 4.16. The SMILES string of the molecule is CCc1oc2ccccc2c1CNc1cnc(Cl)c(C)c1. The number of furan rings is 1. The Morgan fingerprint density at radius 3 is 2.86 bits per heavy atom. The maximum Gasteiger partial charge on any atom is 0.134 e. The number of nitrogens with one attached hydrogen (secondary N) is 1. The van der Waals surface area contributed by atoms with Crippen molar-refractivity contribution in [3.63, 3.8) is 0 Å². The molecule has 3 rings (SSSR count). The standard InChI is InChI=1S/C17H17ClN2O/c1-3-15-14(13-6-4-5-7-16(13)21-15)10-19-12-8-11(2)17(18)20-9-12/h4-9,19H,3,10H2,1-2H3. The zero-order valence-corrected chi connectivity index (χ0v) is 12.9. The molecule has 2 heterocycles. The molecular weight excluding hydrogens is 284 g/mol. The minimum Gasteiger partial charge on any atom is -0.461 e. The lowest BCUT2D eigenvalue weighted by molar-refractivity contribution is 0.551. The van der Waals surface area contributed by atoms with Gasteiger partial charge in [-0.05, 0) is 24.6 Å². The van der Waals surface area contributed by atoms with Gasteiger partial charge < -0.3 is 9.73 Å². The quantitative estimate of drug-likeness (QED) is 0.692. The van der Waals surface area contributed by atoms with Gasteiger partial charge in [0.2, 0.25) is 0 Å². The topological polar surface area (TPSA) is 38.1 Å². The molecule has 0 fully saturated rings. The molecule has 0 bridgehead atoms. The van der Waals surface area contributed by atoms with Gasteiger partial charge in [-0.15, -0.1) is 0 Å². The summed E-state index contributed by atoms with van der Waals surface area (Å²) in [5.74, 6) is 1.03. The van der Waals surface area contributed by atoms with Crippen LogP contribution in [0.15, 0.2) is 40.9 Å². The molecule has 0 atom stereocenters. The van der Waals surface area contributed by atoms with E-state index in [1.807, 2.05) is 31.2 Å². The summed E-state index contributed by atoms with van der Waals surface area (Å²) in [6.45, 7) is 4.77. The molecule has 21 heavy (non-hydrogen) atoms. The van der Waals surface area contributed by atoms with E-state index in [1.165, 1.54) is 10.9 Å². The number of hydrogen-bond donors (Lipinski definition) is 1. The van der Waals surface area contributed by atoms with Gasteiger partial charge in [-0.3, -0.25) is 0 Å². The fraction of sp³-hybridized carbons (Fsp3) is 0.235. The highest BCUT2D eigenvalue weighted by molar-refractivity contribution is 6.30. The Morgan fingerprint density at radius 1 is 1.29 bits per heavy atom. The van der Waals surface area contributed by atoms with E-state index in [-0.39, 0.29) is 0 Å². The largest absolute Gasteiger partial charge is 0.461 e. The zero-order chi connectivity index (χ0) is 14.8. The summed E-state index contributed by atoms with van der Waals surface area (Å²) in [6.07, 6.45) is 2.63. The average molecular weight is 301 g/mol. The van der Waals surface area contributed by atoms with Crippen LogP contribution in [-0.4, -0.2) is 4.98 Å². The summed E-state index contributed by atoms with van der Waals surface area (Å²) in [5.41, 5.74) is 4.08. The van der Waals surface area contributed by atoms with Crippen LogP contribution in [0.1, 0.15) is 23.8 Å². The van der Waals surface area contributed by atoms with Crippen LogP contribution in [0.5, 0.6) is 0 Å². The Hall–Kier alpha value is -2.00. The second-order valence-electron chi connectivity index (χ2n) is 5.04. The number of rotatable bonds is 4. The van der Waals surface area contributed by atoms with E-state index in [0.29, 0.717) is 11.7 Å². The van der Waals surface area contributed by atoms with Gasteiger partial charge in [0.05, 0.1) is 11.9 Å². The minimum atomic E-state index is 0.545. The van der Waals surface area contributed by atoms with Crippen LogP contribution in [0.4, 0.5) is 5.69 Å². The van der Waals surface area contributed by atoms with Gasteiger partial charge in [0.1, 0.15) is 16.5 Å². The maximum absolute atomic E-state index is 5.95. The molecule has 1 aromatic carbocycles. The second kappa shape index (κ2) is 5.78. The number of nitrogens with zero attached hydrogens (tertiary/aromatic N) is 1. The molecule has 0 aliphatic rings. The van der Waals surface area contributed by atoms with Gasteiger partial charge in [0.25, 0.3) is 0 Å². The van der Waals surface area contributed by atoms with Gasteiger partial charge in [-0.25, -0.2) is 4.98 Å². The fourth-order valence-corrected chi connectivity index (χ4v) is 2.58. The number of aryl methyl sites for hydroxylation is 2. The molecule has 1 N–H and O–H groups in total. The van der Waals surface area contributed by atoms with Crippen molar-refractivity contribution in [1.29, 1.82) is 0 Å². The Labute approximate surface area is 128 Å². The number of halogens is 1. The van der Waals surface area contributed by atoms with E-state index in [0.717, 1.165) is 29.0 Å². The highest BCUT2D eigenvalue weighted by Gasteiger charge is 2.12. The molecular formula is C17H17ClN2O. The van der Waals surface area contributed by atoms with Crippen molar-refractivity contribution in [2.75, 3.05) is 5.32 Å². The second-order valence-corrected chi connectivity index (χ2v) is 5.40. The highest BCUT2D eigenvalue weighted by Crippen LogP contribution is 2.27. The molecule has 0 aliphatic carbocycles. The number of aromatic nitrogens is 1. The molecule has 0 saturated heterocycles. The van der Waals surface area contributed by atoms with Gasteiger partial charge >= 0.3 is 0 Å². The highest BCUT2D eigenvalue weighted by atomic mass is 35.5. The first-order valence-corrected chi connectivity index (χ1v) is 7.42. The van der Waals surface area contributed by atoms with Crippen LogP contribution in [0.2, 0.25) is 5.15 Å². The predicted octanol–water partition coefficient (Wildman–Crippen LogP) is 4.96. The molecule has 4 heteroatoms. The molecule has 0 amide bonds. The predicted molar refractivity (Wildman–Crippen MR) is 86.9 cm³/mol. The number of benzene rings is 1. The van der Waals surface area contributed by atoms with Crippen molar-refractivity contribution in [3.8, 4) is 0 Å². The maximum atomic E-state index is 5.95. The number of pyridine rings is 1. The van der Waals surface area contributed by atoms with Crippen LogP contribution in [0.3, 0.4) is 0 Å². The van der Waals surface area contributed by atoms with Crippen LogP contribution in [-0.2, 0) is 13.0 Å². The lowest BCUT2D eigenvalue weighted by Crippen LogP contribution is -2.02. The molecule has 0 spiro atoms. The first kappa shape index (κ1) is 14.0. The van der Waals surface area contributed by atoms with Crippen LogP contribution >= 0.6 is 11.6 Å². The van der Waals surface area contributed by atoms with E-state index in [2.05, 4.69) is 23.3 Å². The van der Waals surface area contributed by atoms with Crippen LogP contribution in [0, 0.1) is 6.92 Å². The van der Waals surface area contributed by atoms with Gasteiger partial charge in [-0.1, -0.05) is 36.7 Å². The lowest BCUT2D eigenvalue weighted by atomic mass is 10.1. The molecule has 0 aliphatic heterocycles.